The summed E-state index contributed by atoms with van der Waals surface area (Å²) in [5.41, 5.74) is 6.26. The third-order valence-electron chi connectivity index (χ3n) is 4.07. The molecule has 1 saturated heterocycles. The highest BCUT2D eigenvalue weighted by Crippen LogP contribution is 2.30. The van der Waals surface area contributed by atoms with Crippen LogP contribution in [0.3, 0.4) is 0 Å². The van der Waals surface area contributed by atoms with Crippen LogP contribution in [-0.4, -0.2) is 29.4 Å². The number of hydrogen-bond donors (Lipinski definition) is 1. The zero-order valence-corrected chi connectivity index (χ0v) is 12.0. The van der Waals surface area contributed by atoms with Crippen molar-refractivity contribution in [2.75, 3.05) is 13.1 Å². The largest absolute Gasteiger partial charge is 0.339 e. The summed E-state index contributed by atoms with van der Waals surface area (Å²) in [5, 5.41) is 0. The van der Waals surface area contributed by atoms with Gasteiger partial charge >= 0.3 is 0 Å². The summed E-state index contributed by atoms with van der Waals surface area (Å²) in [5.74, 6) is 0.679. The first kappa shape index (κ1) is 14.5. The zero-order chi connectivity index (χ0) is 13.3. The van der Waals surface area contributed by atoms with E-state index in [1.54, 1.807) is 0 Å². The van der Waals surface area contributed by atoms with Crippen molar-refractivity contribution in [1.29, 1.82) is 0 Å². The summed E-state index contributed by atoms with van der Waals surface area (Å²) in [6, 6.07) is 0. The van der Waals surface area contributed by atoms with E-state index in [0.717, 1.165) is 25.9 Å². The van der Waals surface area contributed by atoms with Crippen molar-refractivity contribution in [2.45, 2.75) is 59.4 Å². The van der Waals surface area contributed by atoms with Gasteiger partial charge in [-0.2, -0.15) is 0 Å². The van der Waals surface area contributed by atoms with Crippen LogP contribution in [-0.2, 0) is 4.79 Å². The number of rotatable bonds is 4. The Balaban J connectivity index is 2.38. The van der Waals surface area contributed by atoms with Crippen molar-refractivity contribution in [3.8, 4) is 0 Å². The second-order valence-electron chi connectivity index (χ2n) is 6.83. The molecule has 1 unspecified atom stereocenters. The van der Waals surface area contributed by atoms with E-state index in [1.807, 2.05) is 4.90 Å². The average molecular weight is 240 g/mol. The van der Waals surface area contributed by atoms with Crippen molar-refractivity contribution in [3.63, 3.8) is 0 Å². The first-order valence-corrected chi connectivity index (χ1v) is 6.74. The Morgan fingerprint density at radius 1 is 1.41 bits per heavy atom. The Bertz CT molecular complexity index is 274. The predicted octanol–water partition coefficient (Wildman–Crippen LogP) is 2.40. The number of amides is 1. The minimum Gasteiger partial charge on any atom is -0.339 e. The molecule has 1 aliphatic rings. The fraction of sp³-hybridized carbons (Fsp3) is 0.929. The van der Waals surface area contributed by atoms with Crippen molar-refractivity contribution < 1.29 is 4.79 Å². The molecule has 0 saturated carbocycles. The minimum atomic E-state index is -0.102. The molecule has 1 amide bonds. The maximum atomic E-state index is 12.0. The van der Waals surface area contributed by atoms with Crippen molar-refractivity contribution in [2.24, 2.45) is 17.1 Å². The van der Waals surface area contributed by atoms with Crippen molar-refractivity contribution in [1.82, 2.24) is 4.90 Å². The van der Waals surface area contributed by atoms with Crippen LogP contribution in [0.25, 0.3) is 0 Å². The maximum Gasteiger partial charge on any atom is 0.222 e. The SMILES string of the molecule is CCCC1(N)CN(C(=O)CC(C)C(C)(C)C)C1. The van der Waals surface area contributed by atoms with E-state index in [0.29, 0.717) is 12.3 Å². The summed E-state index contributed by atoms with van der Waals surface area (Å²) in [4.78, 5) is 14.0. The van der Waals surface area contributed by atoms with Crippen LogP contribution >= 0.6 is 0 Å². The second kappa shape index (κ2) is 4.97. The molecule has 1 heterocycles. The Labute approximate surface area is 106 Å². The lowest BCUT2D eigenvalue weighted by Crippen LogP contribution is -2.68. The summed E-state index contributed by atoms with van der Waals surface area (Å²) in [6.07, 6.45) is 2.76. The van der Waals surface area contributed by atoms with E-state index in [2.05, 4.69) is 34.6 Å². The number of likely N-dealkylation sites (tertiary alicyclic amines) is 1. The molecule has 2 N–H and O–H groups in total. The van der Waals surface area contributed by atoms with Gasteiger partial charge in [-0.1, -0.05) is 41.0 Å². The van der Waals surface area contributed by atoms with Gasteiger partial charge in [-0.3, -0.25) is 4.79 Å². The van der Waals surface area contributed by atoms with E-state index < -0.39 is 0 Å². The van der Waals surface area contributed by atoms with Gasteiger partial charge in [0.2, 0.25) is 5.91 Å². The molecular weight excluding hydrogens is 212 g/mol. The Kier molecular flexibility index (Phi) is 4.23. The molecule has 0 radical (unpaired) electrons. The van der Waals surface area contributed by atoms with Gasteiger partial charge in [0.05, 0.1) is 5.54 Å². The highest BCUT2D eigenvalue weighted by molar-refractivity contribution is 5.77. The highest BCUT2D eigenvalue weighted by Gasteiger charge is 2.41. The van der Waals surface area contributed by atoms with Gasteiger partial charge in [-0.15, -0.1) is 0 Å². The third-order valence-corrected chi connectivity index (χ3v) is 4.07. The van der Waals surface area contributed by atoms with Gasteiger partial charge in [0, 0.05) is 19.5 Å². The molecule has 3 nitrogen and oxygen atoms in total. The van der Waals surface area contributed by atoms with E-state index in [9.17, 15) is 4.79 Å². The quantitative estimate of drug-likeness (QED) is 0.820. The van der Waals surface area contributed by atoms with Crippen LogP contribution in [0.2, 0.25) is 0 Å². The molecule has 0 spiro atoms. The van der Waals surface area contributed by atoms with Gasteiger partial charge in [0.1, 0.15) is 0 Å². The smallest absolute Gasteiger partial charge is 0.222 e. The number of hydrogen-bond acceptors (Lipinski definition) is 2. The number of nitrogens with two attached hydrogens (primary N) is 1. The van der Waals surface area contributed by atoms with Crippen LogP contribution < -0.4 is 5.73 Å². The van der Waals surface area contributed by atoms with Gasteiger partial charge in [-0.05, 0) is 17.8 Å². The standard InChI is InChI=1S/C14H28N2O/c1-6-7-14(15)9-16(10-14)12(17)8-11(2)13(3,4)5/h11H,6-10,15H2,1-5H3. The van der Waals surface area contributed by atoms with Gasteiger partial charge < -0.3 is 10.6 Å². The van der Waals surface area contributed by atoms with Gasteiger partial charge in [0.25, 0.3) is 0 Å². The summed E-state index contributed by atoms with van der Waals surface area (Å²) in [7, 11) is 0. The molecule has 0 aromatic rings. The Morgan fingerprint density at radius 2 is 1.94 bits per heavy atom. The molecule has 1 rings (SSSR count). The van der Waals surface area contributed by atoms with Crippen LogP contribution in [0.15, 0.2) is 0 Å². The fourth-order valence-electron chi connectivity index (χ4n) is 2.24. The van der Waals surface area contributed by atoms with Crippen LogP contribution in [0, 0.1) is 11.3 Å². The topological polar surface area (TPSA) is 46.3 Å². The van der Waals surface area contributed by atoms with Crippen molar-refractivity contribution >= 4 is 5.91 Å². The first-order valence-electron chi connectivity index (χ1n) is 6.74. The van der Waals surface area contributed by atoms with Gasteiger partial charge in [-0.25, -0.2) is 0 Å². The first-order chi connectivity index (χ1) is 7.68. The average Bonchev–Trinajstić information content (AvgIpc) is 2.12. The molecule has 3 heteroatoms. The highest BCUT2D eigenvalue weighted by atomic mass is 16.2. The number of nitrogens with zero attached hydrogens (tertiary/aromatic N) is 1. The lowest BCUT2D eigenvalue weighted by Gasteiger charge is -2.48. The lowest BCUT2D eigenvalue weighted by molar-refractivity contribution is -0.140. The molecule has 0 aliphatic carbocycles. The Hall–Kier alpha value is -0.570. The monoisotopic (exact) mass is 240 g/mol. The number of carbonyl (C=O) groups excluding carboxylic acids is 1. The van der Waals surface area contributed by atoms with Gasteiger partial charge in [0.15, 0.2) is 0 Å². The minimum absolute atomic E-state index is 0.102. The molecule has 1 atom stereocenters. The number of carbonyl (C=O) groups is 1. The van der Waals surface area contributed by atoms with E-state index in [-0.39, 0.29) is 16.9 Å². The molecule has 17 heavy (non-hydrogen) atoms. The predicted molar refractivity (Wildman–Crippen MR) is 71.6 cm³/mol. The second-order valence-corrected chi connectivity index (χ2v) is 6.83. The molecule has 0 bridgehead atoms. The Morgan fingerprint density at radius 3 is 2.35 bits per heavy atom. The van der Waals surface area contributed by atoms with Crippen molar-refractivity contribution in [3.05, 3.63) is 0 Å². The molecule has 0 aromatic carbocycles. The van der Waals surface area contributed by atoms with Crippen LogP contribution in [0.4, 0.5) is 0 Å². The maximum absolute atomic E-state index is 12.0. The molecule has 1 fully saturated rings. The normalized spacial score (nSPS) is 20.9. The van der Waals surface area contributed by atoms with Crippen LogP contribution in [0.5, 0.6) is 0 Å². The summed E-state index contributed by atoms with van der Waals surface area (Å²) < 4.78 is 0. The molecule has 0 aromatic heterocycles. The summed E-state index contributed by atoms with van der Waals surface area (Å²) in [6.45, 7) is 12.3. The fourth-order valence-corrected chi connectivity index (χ4v) is 2.24. The third kappa shape index (κ3) is 3.70. The van der Waals surface area contributed by atoms with Crippen LogP contribution in [0.1, 0.15) is 53.9 Å². The molecule has 1 aliphatic heterocycles. The lowest BCUT2D eigenvalue weighted by atomic mass is 9.79. The summed E-state index contributed by atoms with van der Waals surface area (Å²) >= 11 is 0. The zero-order valence-electron chi connectivity index (χ0n) is 12.0. The van der Waals surface area contributed by atoms with E-state index >= 15 is 0 Å². The van der Waals surface area contributed by atoms with E-state index in [1.165, 1.54) is 0 Å². The molecule has 100 valence electrons. The van der Waals surface area contributed by atoms with E-state index in [4.69, 9.17) is 5.73 Å². The molecular formula is C14H28N2O.